The lowest BCUT2D eigenvalue weighted by Gasteiger charge is -2.29. The molecule has 2 N–H and O–H groups in total. The van der Waals surface area contributed by atoms with Gasteiger partial charge in [0.2, 0.25) is 0 Å². The van der Waals surface area contributed by atoms with Crippen LogP contribution in [0.2, 0.25) is 0 Å². The number of hydrogen-bond donors (Lipinski definition) is 1. The van der Waals surface area contributed by atoms with E-state index in [-0.39, 0.29) is 24.8 Å². The number of nitrogens with zero attached hydrogens (tertiary/aromatic N) is 1. The molecule has 1 aliphatic carbocycles. The van der Waals surface area contributed by atoms with Gasteiger partial charge < -0.3 is 10.6 Å². The zero-order valence-electron chi connectivity index (χ0n) is 8.75. The molecule has 0 saturated heterocycles. The van der Waals surface area contributed by atoms with Crippen LogP contribution in [-0.2, 0) is 0 Å². The highest BCUT2D eigenvalue weighted by Crippen LogP contribution is 2.49. The number of rotatable bonds is 4. The highest BCUT2D eigenvalue weighted by Gasteiger charge is 2.43. The molecule has 82 valence electrons. The number of hydrogen-bond acceptors (Lipinski definition) is 2. The Morgan fingerprint density at radius 2 is 1.85 bits per heavy atom. The first kappa shape index (κ1) is 15.9. The Morgan fingerprint density at radius 3 is 2.15 bits per heavy atom. The summed E-state index contributed by atoms with van der Waals surface area (Å²) in [5.74, 6) is 0. The predicted octanol–water partition coefficient (Wildman–Crippen LogP) is 1.91. The topological polar surface area (TPSA) is 29.3 Å². The molecule has 1 aliphatic rings. The second kappa shape index (κ2) is 6.07. The summed E-state index contributed by atoms with van der Waals surface area (Å²) in [7, 11) is 2.17. The molecular formula is C9H22Cl2N2. The van der Waals surface area contributed by atoms with Crippen LogP contribution >= 0.6 is 24.8 Å². The minimum absolute atomic E-state index is 0. The van der Waals surface area contributed by atoms with Gasteiger partial charge in [0, 0.05) is 19.1 Å². The van der Waals surface area contributed by atoms with Crippen molar-refractivity contribution >= 4 is 24.8 Å². The summed E-state index contributed by atoms with van der Waals surface area (Å²) in [6.45, 7) is 6.47. The quantitative estimate of drug-likeness (QED) is 0.797. The molecule has 0 spiro atoms. The minimum atomic E-state index is 0. The first-order chi connectivity index (χ1) is 5.10. The van der Waals surface area contributed by atoms with Crippen LogP contribution in [0.25, 0.3) is 0 Å². The van der Waals surface area contributed by atoms with E-state index in [0.29, 0.717) is 11.5 Å². The van der Waals surface area contributed by atoms with E-state index in [4.69, 9.17) is 5.73 Å². The highest BCUT2D eigenvalue weighted by atomic mass is 35.5. The van der Waals surface area contributed by atoms with Crippen molar-refractivity contribution in [1.29, 1.82) is 0 Å². The zero-order valence-corrected chi connectivity index (χ0v) is 10.4. The average Bonchev–Trinajstić information content (AvgIpc) is 2.68. The van der Waals surface area contributed by atoms with E-state index in [0.717, 1.165) is 13.1 Å². The summed E-state index contributed by atoms with van der Waals surface area (Å²) >= 11 is 0. The van der Waals surface area contributed by atoms with Crippen molar-refractivity contribution in [2.24, 2.45) is 11.1 Å². The molecule has 1 fully saturated rings. The Bertz CT molecular complexity index is 138. The van der Waals surface area contributed by atoms with Crippen LogP contribution in [0, 0.1) is 5.41 Å². The van der Waals surface area contributed by atoms with E-state index < -0.39 is 0 Å². The van der Waals surface area contributed by atoms with Crippen LogP contribution in [0.3, 0.4) is 0 Å². The van der Waals surface area contributed by atoms with Gasteiger partial charge in [-0.2, -0.15) is 0 Å². The lowest BCUT2D eigenvalue weighted by Crippen LogP contribution is -2.38. The van der Waals surface area contributed by atoms with Gasteiger partial charge in [-0.3, -0.25) is 0 Å². The Kier molecular flexibility index (Phi) is 7.45. The molecule has 4 heteroatoms. The third-order valence-corrected chi connectivity index (χ3v) is 3.19. The van der Waals surface area contributed by atoms with E-state index >= 15 is 0 Å². The molecule has 0 aromatic heterocycles. The molecule has 0 amide bonds. The molecule has 1 saturated carbocycles. The van der Waals surface area contributed by atoms with Crippen LogP contribution in [0.15, 0.2) is 0 Å². The van der Waals surface area contributed by atoms with E-state index in [1.165, 1.54) is 12.8 Å². The largest absolute Gasteiger partial charge is 0.329 e. The molecule has 0 bridgehead atoms. The second-order valence-electron chi connectivity index (χ2n) is 4.10. The van der Waals surface area contributed by atoms with Gasteiger partial charge in [-0.25, -0.2) is 0 Å². The van der Waals surface area contributed by atoms with Gasteiger partial charge in [-0.1, -0.05) is 6.92 Å². The van der Waals surface area contributed by atoms with Crippen molar-refractivity contribution in [2.45, 2.75) is 32.7 Å². The summed E-state index contributed by atoms with van der Waals surface area (Å²) in [5, 5.41) is 0. The third kappa shape index (κ3) is 4.03. The van der Waals surface area contributed by atoms with Gasteiger partial charge in [0.15, 0.2) is 0 Å². The van der Waals surface area contributed by atoms with Crippen molar-refractivity contribution in [3.05, 3.63) is 0 Å². The molecule has 0 heterocycles. The van der Waals surface area contributed by atoms with E-state index in [2.05, 4.69) is 25.8 Å². The number of likely N-dealkylation sites (N-methyl/N-ethyl adjacent to an activating group) is 1. The van der Waals surface area contributed by atoms with Crippen LogP contribution in [-0.4, -0.2) is 31.1 Å². The van der Waals surface area contributed by atoms with Crippen molar-refractivity contribution in [3.63, 3.8) is 0 Å². The van der Waals surface area contributed by atoms with Crippen molar-refractivity contribution in [3.8, 4) is 0 Å². The molecule has 0 aromatic carbocycles. The fraction of sp³-hybridized carbons (Fsp3) is 1.00. The molecule has 1 atom stereocenters. The maximum absolute atomic E-state index is 5.49. The molecular weight excluding hydrogens is 207 g/mol. The number of nitrogens with two attached hydrogens (primary N) is 1. The highest BCUT2D eigenvalue weighted by molar-refractivity contribution is 5.85. The summed E-state index contributed by atoms with van der Waals surface area (Å²) in [5.41, 5.74) is 6.09. The van der Waals surface area contributed by atoms with Crippen LogP contribution in [0.4, 0.5) is 0 Å². The van der Waals surface area contributed by atoms with Crippen LogP contribution in [0.5, 0.6) is 0 Å². The standard InChI is InChI=1S/C9H20N2.2ClH/c1-8(9(2)4-5-9)11(3)7-6-10;;/h8H,4-7,10H2,1-3H3;2*1H. The lowest BCUT2D eigenvalue weighted by molar-refractivity contribution is 0.190. The minimum Gasteiger partial charge on any atom is -0.329 e. The van der Waals surface area contributed by atoms with Gasteiger partial charge in [-0.15, -0.1) is 24.8 Å². The van der Waals surface area contributed by atoms with Crippen LogP contribution < -0.4 is 5.73 Å². The Labute approximate surface area is 94.1 Å². The van der Waals surface area contributed by atoms with E-state index in [9.17, 15) is 0 Å². The molecule has 0 radical (unpaired) electrons. The van der Waals surface area contributed by atoms with E-state index in [1.807, 2.05) is 0 Å². The molecule has 0 aromatic rings. The lowest BCUT2D eigenvalue weighted by atomic mass is 10.00. The normalized spacial score (nSPS) is 20.1. The number of halogens is 2. The molecule has 1 unspecified atom stereocenters. The van der Waals surface area contributed by atoms with Gasteiger partial charge in [0.1, 0.15) is 0 Å². The Balaban J connectivity index is 0. The molecule has 1 rings (SSSR count). The fourth-order valence-corrected chi connectivity index (χ4v) is 1.54. The summed E-state index contributed by atoms with van der Waals surface area (Å²) in [6.07, 6.45) is 2.78. The summed E-state index contributed by atoms with van der Waals surface area (Å²) in [6, 6.07) is 0.700. The molecule has 0 aliphatic heterocycles. The first-order valence-corrected chi connectivity index (χ1v) is 4.50. The monoisotopic (exact) mass is 228 g/mol. The van der Waals surface area contributed by atoms with Gasteiger partial charge in [0.05, 0.1) is 0 Å². The zero-order chi connectivity index (χ0) is 8.48. The van der Waals surface area contributed by atoms with Gasteiger partial charge in [0.25, 0.3) is 0 Å². The Hall–Kier alpha value is 0.500. The van der Waals surface area contributed by atoms with Crippen molar-refractivity contribution < 1.29 is 0 Å². The Morgan fingerprint density at radius 1 is 1.38 bits per heavy atom. The second-order valence-corrected chi connectivity index (χ2v) is 4.10. The third-order valence-electron chi connectivity index (χ3n) is 3.19. The van der Waals surface area contributed by atoms with Crippen molar-refractivity contribution in [1.82, 2.24) is 4.90 Å². The SMILES string of the molecule is CC(N(C)CCN)C1(C)CC1.Cl.Cl. The first-order valence-electron chi connectivity index (χ1n) is 4.50. The summed E-state index contributed by atoms with van der Waals surface area (Å²) < 4.78 is 0. The fourth-order valence-electron chi connectivity index (χ4n) is 1.54. The predicted molar refractivity (Wildman–Crippen MR) is 63.0 cm³/mol. The van der Waals surface area contributed by atoms with Crippen LogP contribution in [0.1, 0.15) is 26.7 Å². The molecule has 13 heavy (non-hydrogen) atoms. The maximum atomic E-state index is 5.49. The molecule has 2 nitrogen and oxygen atoms in total. The average molecular weight is 229 g/mol. The maximum Gasteiger partial charge on any atom is 0.0118 e. The van der Waals surface area contributed by atoms with Crippen molar-refractivity contribution in [2.75, 3.05) is 20.1 Å². The van der Waals surface area contributed by atoms with Gasteiger partial charge in [-0.05, 0) is 32.2 Å². The smallest absolute Gasteiger partial charge is 0.0118 e. The van der Waals surface area contributed by atoms with Gasteiger partial charge >= 0.3 is 0 Å². The summed E-state index contributed by atoms with van der Waals surface area (Å²) in [4.78, 5) is 2.37. The van der Waals surface area contributed by atoms with E-state index in [1.54, 1.807) is 0 Å².